The van der Waals surface area contributed by atoms with Crippen molar-refractivity contribution in [1.82, 2.24) is 10.2 Å². The van der Waals surface area contributed by atoms with Crippen LogP contribution >= 0.6 is 0 Å². The Morgan fingerprint density at radius 2 is 1.90 bits per heavy atom. The van der Waals surface area contributed by atoms with Crippen molar-refractivity contribution in [3.8, 4) is 5.75 Å². The maximum Gasteiger partial charge on any atom is 0.127 e. The van der Waals surface area contributed by atoms with Gasteiger partial charge in [0.1, 0.15) is 18.2 Å². The zero-order valence-corrected chi connectivity index (χ0v) is 13.4. The van der Waals surface area contributed by atoms with Crippen LogP contribution in [-0.2, 0) is 6.54 Å². The highest BCUT2D eigenvalue weighted by Gasteiger charge is 2.12. The molecule has 0 bridgehead atoms. The van der Waals surface area contributed by atoms with E-state index in [2.05, 4.69) is 31.0 Å². The maximum atomic E-state index is 13.7. The molecule has 1 aliphatic rings. The van der Waals surface area contributed by atoms with Crippen LogP contribution in [0.2, 0.25) is 0 Å². The van der Waals surface area contributed by atoms with Gasteiger partial charge in [-0.15, -0.1) is 0 Å². The molecule has 1 fully saturated rings. The first-order chi connectivity index (χ1) is 9.92. The van der Waals surface area contributed by atoms with E-state index in [1.165, 1.54) is 18.9 Å². The monoisotopic (exact) mass is 294 g/mol. The topological polar surface area (TPSA) is 24.5 Å². The molecule has 1 aromatic carbocycles. The third kappa shape index (κ3) is 6.02. The molecule has 1 aromatic rings. The minimum absolute atomic E-state index is 0.0170. The highest BCUT2D eigenvalue weighted by Crippen LogP contribution is 2.17. The van der Waals surface area contributed by atoms with Crippen LogP contribution in [0.15, 0.2) is 18.2 Å². The molecule has 3 nitrogen and oxygen atoms in total. The number of hydrogen-bond donors (Lipinski definition) is 1. The summed E-state index contributed by atoms with van der Waals surface area (Å²) in [6.07, 6.45) is 2.56. The van der Waals surface area contributed by atoms with Crippen molar-refractivity contribution in [3.63, 3.8) is 0 Å². The Hall–Kier alpha value is -1.13. The van der Waals surface area contributed by atoms with Gasteiger partial charge in [-0.05, 0) is 64.4 Å². The third-order valence-electron chi connectivity index (χ3n) is 3.63. The predicted molar refractivity (Wildman–Crippen MR) is 84.2 cm³/mol. The first-order valence-corrected chi connectivity index (χ1v) is 7.82. The molecule has 118 valence electrons. The van der Waals surface area contributed by atoms with Crippen molar-refractivity contribution in [1.29, 1.82) is 0 Å². The molecule has 1 saturated heterocycles. The molecule has 1 N–H and O–H groups in total. The van der Waals surface area contributed by atoms with Crippen LogP contribution in [0.5, 0.6) is 5.75 Å². The van der Waals surface area contributed by atoms with Crippen LogP contribution in [0.25, 0.3) is 0 Å². The van der Waals surface area contributed by atoms with Crippen molar-refractivity contribution in [2.24, 2.45) is 0 Å². The number of nitrogens with zero attached hydrogens (tertiary/aromatic N) is 1. The van der Waals surface area contributed by atoms with Gasteiger partial charge in [-0.3, -0.25) is 4.90 Å². The van der Waals surface area contributed by atoms with E-state index in [1.807, 2.05) is 6.07 Å². The lowest BCUT2D eigenvalue weighted by atomic mass is 10.1. The lowest BCUT2D eigenvalue weighted by Crippen LogP contribution is -2.35. The largest absolute Gasteiger partial charge is 0.492 e. The summed E-state index contributed by atoms with van der Waals surface area (Å²) in [6.45, 7) is 10.8. The number of halogens is 1. The molecule has 0 amide bonds. The number of likely N-dealkylation sites (tertiary alicyclic amines) is 1. The fraction of sp³-hybridized carbons (Fsp3) is 0.647. The van der Waals surface area contributed by atoms with Crippen molar-refractivity contribution < 1.29 is 9.13 Å². The second-order valence-corrected chi connectivity index (χ2v) is 6.80. The van der Waals surface area contributed by atoms with Crippen LogP contribution in [0, 0.1) is 5.82 Å². The van der Waals surface area contributed by atoms with Gasteiger partial charge in [-0.1, -0.05) is 0 Å². The molecule has 0 aliphatic carbocycles. The number of hydrogen-bond acceptors (Lipinski definition) is 3. The second kappa shape index (κ2) is 7.23. The van der Waals surface area contributed by atoms with E-state index in [-0.39, 0.29) is 11.4 Å². The summed E-state index contributed by atoms with van der Waals surface area (Å²) in [5.41, 5.74) is 0.935. The fourth-order valence-corrected chi connectivity index (χ4v) is 2.47. The van der Waals surface area contributed by atoms with Crippen LogP contribution in [0.3, 0.4) is 0 Å². The van der Waals surface area contributed by atoms with Gasteiger partial charge in [-0.2, -0.15) is 0 Å². The molecule has 0 radical (unpaired) electrons. The summed E-state index contributed by atoms with van der Waals surface area (Å²) >= 11 is 0. The Morgan fingerprint density at radius 1 is 1.19 bits per heavy atom. The maximum absolute atomic E-state index is 13.7. The Bertz CT molecular complexity index is 451. The van der Waals surface area contributed by atoms with E-state index in [4.69, 9.17) is 4.74 Å². The highest BCUT2D eigenvalue weighted by atomic mass is 19.1. The zero-order valence-electron chi connectivity index (χ0n) is 13.4. The standard InChI is InChI=1S/C17H27FN2O/c1-17(2,3)19-13-14-10-15(18)12-16(11-14)21-9-8-20-6-4-5-7-20/h10-12,19H,4-9,13H2,1-3H3. The summed E-state index contributed by atoms with van der Waals surface area (Å²) in [4.78, 5) is 2.39. The van der Waals surface area contributed by atoms with Gasteiger partial charge >= 0.3 is 0 Å². The normalized spacial score (nSPS) is 16.4. The van der Waals surface area contributed by atoms with E-state index in [1.54, 1.807) is 6.07 Å². The smallest absolute Gasteiger partial charge is 0.127 e. The van der Waals surface area contributed by atoms with E-state index in [0.29, 0.717) is 18.9 Å². The van der Waals surface area contributed by atoms with Gasteiger partial charge in [0.15, 0.2) is 0 Å². The molecule has 0 saturated carbocycles. The minimum atomic E-state index is -0.237. The first-order valence-electron chi connectivity index (χ1n) is 7.82. The molecular formula is C17H27FN2O. The van der Waals surface area contributed by atoms with E-state index in [9.17, 15) is 4.39 Å². The highest BCUT2D eigenvalue weighted by molar-refractivity contribution is 5.29. The van der Waals surface area contributed by atoms with Crippen LogP contribution in [0.1, 0.15) is 39.2 Å². The quantitative estimate of drug-likeness (QED) is 0.872. The van der Waals surface area contributed by atoms with Crippen LogP contribution < -0.4 is 10.1 Å². The SMILES string of the molecule is CC(C)(C)NCc1cc(F)cc(OCCN2CCCC2)c1. The summed E-state index contributed by atoms with van der Waals surface area (Å²) in [6, 6.07) is 4.95. The van der Waals surface area contributed by atoms with Gasteiger partial charge in [0.25, 0.3) is 0 Å². The number of nitrogens with one attached hydrogen (secondary N) is 1. The number of ether oxygens (including phenoxy) is 1. The lowest BCUT2D eigenvalue weighted by molar-refractivity contribution is 0.237. The summed E-state index contributed by atoms with van der Waals surface area (Å²) in [5.74, 6) is 0.388. The van der Waals surface area contributed by atoms with Crippen molar-refractivity contribution >= 4 is 0 Å². The number of benzene rings is 1. The van der Waals surface area contributed by atoms with Crippen LogP contribution in [-0.4, -0.2) is 36.7 Å². The molecule has 0 unspecified atom stereocenters. The number of rotatable bonds is 6. The van der Waals surface area contributed by atoms with Crippen LogP contribution in [0.4, 0.5) is 4.39 Å². The van der Waals surface area contributed by atoms with E-state index in [0.717, 1.165) is 25.2 Å². The molecule has 1 aliphatic heterocycles. The second-order valence-electron chi connectivity index (χ2n) is 6.80. The zero-order chi connectivity index (χ0) is 15.3. The first kappa shape index (κ1) is 16.2. The van der Waals surface area contributed by atoms with Crippen molar-refractivity contribution in [3.05, 3.63) is 29.6 Å². The Kier molecular flexibility index (Phi) is 5.59. The van der Waals surface area contributed by atoms with Gasteiger partial charge in [0.2, 0.25) is 0 Å². The average molecular weight is 294 g/mol. The predicted octanol–water partition coefficient (Wildman–Crippen LogP) is 3.19. The van der Waals surface area contributed by atoms with Gasteiger partial charge in [-0.25, -0.2) is 4.39 Å². The molecule has 4 heteroatoms. The van der Waals surface area contributed by atoms with E-state index >= 15 is 0 Å². The Morgan fingerprint density at radius 3 is 2.57 bits per heavy atom. The molecular weight excluding hydrogens is 267 g/mol. The molecule has 0 atom stereocenters. The molecule has 0 aromatic heterocycles. The van der Waals surface area contributed by atoms with Gasteiger partial charge < -0.3 is 10.1 Å². The summed E-state index contributed by atoms with van der Waals surface area (Å²) < 4.78 is 19.4. The minimum Gasteiger partial charge on any atom is -0.492 e. The van der Waals surface area contributed by atoms with Gasteiger partial charge in [0, 0.05) is 24.7 Å². The molecule has 2 rings (SSSR count). The third-order valence-corrected chi connectivity index (χ3v) is 3.63. The average Bonchev–Trinajstić information content (AvgIpc) is 2.88. The van der Waals surface area contributed by atoms with Crippen molar-refractivity contribution in [2.75, 3.05) is 26.2 Å². The van der Waals surface area contributed by atoms with E-state index < -0.39 is 0 Å². The summed E-state index contributed by atoms with van der Waals surface area (Å²) in [7, 11) is 0. The Balaban J connectivity index is 1.85. The lowest BCUT2D eigenvalue weighted by Gasteiger charge is -2.21. The molecule has 1 heterocycles. The fourth-order valence-electron chi connectivity index (χ4n) is 2.47. The van der Waals surface area contributed by atoms with Gasteiger partial charge in [0.05, 0.1) is 0 Å². The summed E-state index contributed by atoms with van der Waals surface area (Å²) in [5, 5.41) is 3.36. The molecule has 0 spiro atoms. The molecule has 21 heavy (non-hydrogen) atoms. The Labute approximate surface area is 127 Å². The van der Waals surface area contributed by atoms with Crippen molar-refractivity contribution in [2.45, 2.75) is 45.7 Å².